The zero-order valence-electron chi connectivity index (χ0n) is 20.8. The third kappa shape index (κ3) is 5.47. The predicted molar refractivity (Wildman–Crippen MR) is 148 cm³/mol. The number of thiazole rings is 1. The average molecular weight is 627 g/mol. The number of aromatic nitrogens is 4. The second-order valence-electron chi connectivity index (χ2n) is 9.26. The standard InChI is InChI=1S/C28H21BrF2N4O4S/c29-28-32-12-18(40-28)14-39-26-3-1-2-22(34-26)19-11-20(30)16(8-21(19)31)10-25-33-23-5-4-15(27(36)37)9-24(23)35(25)13-17-6-7-38-17/h1-5,8-9,11-12,17H,6-7,10,13-14H2,(H,36,37). The summed E-state index contributed by atoms with van der Waals surface area (Å²) >= 11 is 4.73. The van der Waals surface area contributed by atoms with Crippen LogP contribution in [-0.2, 0) is 24.3 Å². The van der Waals surface area contributed by atoms with Crippen LogP contribution in [0.3, 0.4) is 0 Å². The first-order valence-corrected chi connectivity index (χ1v) is 14.0. The molecule has 1 N–H and O–H groups in total. The molecule has 5 aromatic rings. The molecule has 1 atom stereocenters. The Morgan fingerprint density at radius 2 is 2.02 bits per heavy atom. The van der Waals surface area contributed by atoms with Gasteiger partial charge in [0.25, 0.3) is 0 Å². The Hall–Kier alpha value is -3.74. The topological polar surface area (TPSA) is 99.4 Å². The number of fused-ring (bicyclic) bond motifs is 1. The van der Waals surface area contributed by atoms with Crippen LogP contribution in [0.1, 0.15) is 33.0 Å². The maximum Gasteiger partial charge on any atom is 0.335 e. The molecule has 1 saturated heterocycles. The molecule has 0 amide bonds. The van der Waals surface area contributed by atoms with Gasteiger partial charge in [-0.2, -0.15) is 0 Å². The normalized spacial score (nSPS) is 14.8. The summed E-state index contributed by atoms with van der Waals surface area (Å²) in [5.74, 6) is -1.53. The van der Waals surface area contributed by atoms with E-state index in [1.54, 1.807) is 36.5 Å². The van der Waals surface area contributed by atoms with Crippen molar-refractivity contribution in [3.05, 3.63) is 92.1 Å². The Kier molecular flexibility index (Phi) is 7.30. The molecule has 0 bridgehead atoms. The van der Waals surface area contributed by atoms with Gasteiger partial charge < -0.3 is 19.1 Å². The summed E-state index contributed by atoms with van der Waals surface area (Å²) in [6, 6.07) is 11.8. The number of nitrogens with zero attached hydrogens (tertiary/aromatic N) is 4. The lowest BCUT2D eigenvalue weighted by Crippen LogP contribution is -2.31. The van der Waals surface area contributed by atoms with Crippen molar-refractivity contribution in [3.8, 4) is 17.1 Å². The number of halogens is 3. The van der Waals surface area contributed by atoms with Gasteiger partial charge in [-0.1, -0.05) is 6.07 Å². The lowest BCUT2D eigenvalue weighted by atomic mass is 10.0. The van der Waals surface area contributed by atoms with Crippen LogP contribution in [-0.4, -0.2) is 43.3 Å². The molecular formula is C28H21BrF2N4O4S. The smallest absolute Gasteiger partial charge is 0.335 e. The van der Waals surface area contributed by atoms with Crippen molar-refractivity contribution < 1.29 is 28.2 Å². The molecule has 204 valence electrons. The highest BCUT2D eigenvalue weighted by Gasteiger charge is 2.23. The third-order valence-electron chi connectivity index (χ3n) is 6.63. The van der Waals surface area contributed by atoms with Gasteiger partial charge in [-0.3, -0.25) is 0 Å². The quantitative estimate of drug-likeness (QED) is 0.206. The Labute approximate surface area is 239 Å². The molecule has 0 spiro atoms. The molecule has 6 rings (SSSR count). The number of hydrogen-bond donors (Lipinski definition) is 1. The maximum atomic E-state index is 15.4. The maximum absolute atomic E-state index is 15.4. The van der Waals surface area contributed by atoms with E-state index >= 15 is 8.78 Å². The number of carbonyl (C=O) groups is 1. The number of carboxylic acids is 1. The highest BCUT2D eigenvalue weighted by molar-refractivity contribution is 9.11. The Bertz CT molecular complexity index is 1740. The van der Waals surface area contributed by atoms with Crippen LogP contribution < -0.4 is 4.74 Å². The summed E-state index contributed by atoms with van der Waals surface area (Å²) in [7, 11) is 0. The molecule has 1 aliphatic heterocycles. The average Bonchev–Trinajstić information content (AvgIpc) is 3.49. The van der Waals surface area contributed by atoms with E-state index in [4.69, 9.17) is 9.47 Å². The van der Waals surface area contributed by atoms with Crippen LogP contribution in [0.5, 0.6) is 5.88 Å². The molecule has 0 aliphatic carbocycles. The first kappa shape index (κ1) is 26.5. The van der Waals surface area contributed by atoms with Crippen LogP contribution in [0.2, 0.25) is 0 Å². The zero-order valence-corrected chi connectivity index (χ0v) is 23.2. The van der Waals surface area contributed by atoms with Gasteiger partial charge in [0.1, 0.15) is 24.1 Å². The molecular weight excluding hydrogens is 606 g/mol. The van der Waals surface area contributed by atoms with Gasteiger partial charge in [0.05, 0.1) is 39.8 Å². The number of benzene rings is 2. The lowest BCUT2D eigenvalue weighted by Gasteiger charge is -2.27. The molecule has 1 fully saturated rings. The number of pyridine rings is 1. The fraction of sp³-hybridized carbons (Fsp3) is 0.214. The van der Waals surface area contributed by atoms with E-state index in [1.165, 1.54) is 17.4 Å². The molecule has 40 heavy (non-hydrogen) atoms. The van der Waals surface area contributed by atoms with Crippen LogP contribution in [0, 0.1) is 11.6 Å². The number of hydrogen-bond acceptors (Lipinski definition) is 7. The van der Waals surface area contributed by atoms with Gasteiger partial charge >= 0.3 is 5.97 Å². The summed E-state index contributed by atoms with van der Waals surface area (Å²) in [6.07, 6.45) is 2.50. The molecule has 12 heteroatoms. The van der Waals surface area contributed by atoms with E-state index < -0.39 is 17.6 Å². The van der Waals surface area contributed by atoms with Gasteiger partial charge in [0.2, 0.25) is 5.88 Å². The van der Waals surface area contributed by atoms with E-state index in [0.717, 1.165) is 27.3 Å². The number of imidazole rings is 1. The van der Waals surface area contributed by atoms with Crippen molar-refractivity contribution in [2.75, 3.05) is 6.61 Å². The number of rotatable bonds is 9. The van der Waals surface area contributed by atoms with Crippen molar-refractivity contribution in [2.45, 2.75) is 32.1 Å². The van der Waals surface area contributed by atoms with Crippen molar-refractivity contribution in [2.24, 2.45) is 0 Å². The largest absolute Gasteiger partial charge is 0.478 e. The van der Waals surface area contributed by atoms with E-state index in [2.05, 4.69) is 30.9 Å². The second kappa shape index (κ2) is 11.0. The Morgan fingerprint density at radius 1 is 1.18 bits per heavy atom. The summed E-state index contributed by atoms with van der Waals surface area (Å²) in [5, 5.41) is 9.44. The summed E-state index contributed by atoms with van der Waals surface area (Å²) in [6.45, 7) is 1.33. The molecule has 8 nitrogen and oxygen atoms in total. The number of carboxylic acid groups (broad SMARTS) is 1. The van der Waals surface area contributed by atoms with Crippen molar-refractivity contribution >= 4 is 44.3 Å². The van der Waals surface area contributed by atoms with Gasteiger partial charge in [-0.25, -0.2) is 28.5 Å². The lowest BCUT2D eigenvalue weighted by molar-refractivity contribution is -0.0589. The minimum absolute atomic E-state index is 0.00776. The summed E-state index contributed by atoms with van der Waals surface area (Å²) < 4.78 is 44.6. The van der Waals surface area contributed by atoms with Crippen LogP contribution in [0.4, 0.5) is 8.78 Å². The van der Waals surface area contributed by atoms with Crippen LogP contribution >= 0.6 is 27.3 Å². The third-order valence-corrected chi connectivity index (χ3v) is 8.08. The van der Waals surface area contributed by atoms with Gasteiger partial charge in [0, 0.05) is 30.9 Å². The highest BCUT2D eigenvalue weighted by Crippen LogP contribution is 2.29. The van der Waals surface area contributed by atoms with Gasteiger partial charge in [-0.05, 0) is 64.3 Å². The minimum Gasteiger partial charge on any atom is -0.478 e. The van der Waals surface area contributed by atoms with Gasteiger partial charge in [-0.15, -0.1) is 11.3 Å². The molecule has 0 saturated carbocycles. The summed E-state index contributed by atoms with van der Waals surface area (Å²) in [5.41, 5.74) is 1.67. The van der Waals surface area contributed by atoms with E-state index in [-0.39, 0.29) is 47.4 Å². The van der Waals surface area contributed by atoms with Crippen LogP contribution in [0.25, 0.3) is 22.3 Å². The van der Waals surface area contributed by atoms with E-state index in [9.17, 15) is 9.90 Å². The minimum atomic E-state index is -1.06. The zero-order chi connectivity index (χ0) is 27.8. The molecule has 1 unspecified atom stereocenters. The van der Waals surface area contributed by atoms with Gasteiger partial charge in [0.15, 0.2) is 3.92 Å². The Balaban J connectivity index is 1.28. The second-order valence-corrected chi connectivity index (χ2v) is 11.6. The monoisotopic (exact) mass is 626 g/mol. The molecule has 2 aromatic carbocycles. The number of aromatic carboxylic acids is 1. The van der Waals surface area contributed by atoms with Crippen molar-refractivity contribution in [1.29, 1.82) is 0 Å². The van der Waals surface area contributed by atoms with Crippen LogP contribution in [0.15, 0.2) is 58.6 Å². The van der Waals surface area contributed by atoms with E-state index in [0.29, 0.717) is 30.0 Å². The number of ether oxygens (including phenoxy) is 2. The molecule has 1 aliphatic rings. The molecule has 0 radical (unpaired) electrons. The first-order valence-electron chi connectivity index (χ1n) is 12.4. The van der Waals surface area contributed by atoms with E-state index in [1.807, 2.05) is 4.57 Å². The molecule has 3 aromatic heterocycles. The highest BCUT2D eigenvalue weighted by atomic mass is 79.9. The SMILES string of the molecule is O=C(O)c1ccc2nc(Cc3cc(F)c(-c4cccc(OCc5cnc(Br)s5)n4)cc3F)n(CC3CCO3)c2c1. The summed E-state index contributed by atoms with van der Waals surface area (Å²) in [4.78, 5) is 25.5. The van der Waals surface area contributed by atoms with Crippen molar-refractivity contribution in [1.82, 2.24) is 19.5 Å². The fourth-order valence-corrected chi connectivity index (χ4v) is 5.78. The van der Waals surface area contributed by atoms with Crippen molar-refractivity contribution in [3.63, 3.8) is 0 Å². The molecule has 4 heterocycles. The Morgan fingerprint density at radius 3 is 2.75 bits per heavy atom. The predicted octanol–water partition coefficient (Wildman–Crippen LogP) is 6.25. The first-order chi connectivity index (χ1) is 19.3. The fourth-order valence-electron chi connectivity index (χ4n) is 4.51.